The summed E-state index contributed by atoms with van der Waals surface area (Å²) in [4.78, 5) is 1.36. The molecule has 21 heavy (non-hydrogen) atoms. The maximum atomic E-state index is 12.9. The van der Waals surface area contributed by atoms with Crippen LogP contribution in [0.4, 0.5) is 4.39 Å². The zero-order valence-electron chi connectivity index (χ0n) is 11.7. The molecule has 1 heterocycles. The van der Waals surface area contributed by atoms with Crippen molar-refractivity contribution in [3.05, 3.63) is 53.8 Å². The first-order valence-corrected chi connectivity index (χ1v) is 8.48. The number of benzene rings is 2. The highest BCUT2D eigenvalue weighted by atomic mass is 32.2. The molecule has 2 aromatic rings. The summed E-state index contributed by atoms with van der Waals surface area (Å²) >= 11 is 1.92. The van der Waals surface area contributed by atoms with Crippen molar-refractivity contribution in [1.29, 1.82) is 0 Å². The third kappa shape index (κ3) is 2.80. The maximum Gasteiger partial charge on any atom is 0.128 e. The van der Waals surface area contributed by atoms with Gasteiger partial charge in [-0.1, -0.05) is 6.07 Å². The molecule has 0 amide bonds. The summed E-state index contributed by atoms with van der Waals surface area (Å²) in [6, 6.07) is 12.6. The molecule has 0 bridgehead atoms. The minimum absolute atomic E-state index is 0.240. The third-order valence-corrected chi connectivity index (χ3v) is 5.42. The van der Waals surface area contributed by atoms with Crippen LogP contribution in [0.5, 0.6) is 11.5 Å². The fourth-order valence-corrected chi connectivity index (χ4v) is 4.27. The number of fused-ring (bicyclic) bond motifs is 1. The number of halogens is 1. The molecule has 0 aromatic heterocycles. The Kier molecular flexibility index (Phi) is 3.38. The summed E-state index contributed by atoms with van der Waals surface area (Å²) < 4.78 is 18.7. The highest BCUT2D eigenvalue weighted by molar-refractivity contribution is 7.99. The lowest BCUT2D eigenvalue weighted by atomic mass is 9.91. The fourth-order valence-electron chi connectivity index (χ4n) is 3.09. The van der Waals surface area contributed by atoms with E-state index in [9.17, 15) is 4.39 Å². The van der Waals surface area contributed by atoms with Crippen LogP contribution in [0.3, 0.4) is 0 Å². The van der Waals surface area contributed by atoms with Gasteiger partial charge in [0.1, 0.15) is 17.3 Å². The van der Waals surface area contributed by atoms with Crippen LogP contribution < -0.4 is 4.74 Å². The summed E-state index contributed by atoms with van der Waals surface area (Å²) in [5.74, 6) is 4.14. The Bertz CT molecular complexity index is 649. The second-order valence-corrected chi connectivity index (χ2v) is 6.97. The van der Waals surface area contributed by atoms with E-state index in [2.05, 4.69) is 12.1 Å². The minimum Gasteiger partial charge on any atom is -0.457 e. The average Bonchev–Trinajstić information content (AvgIpc) is 3.33. The molecule has 0 saturated heterocycles. The zero-order chi connectivity index (χ0) is 14.2. The predicted octanol–water partition coefficient (Wildman–Crippen LogP) is 5.61. The topological polar surface area (TPSA) is 9.23 Å². The Morgan fingerprint density at radius 1 is 0.952 bits per heavy atom. The second-order valence-electron chi connectivity index (χ2n) is 5.84. The summed E-state index contributed by atoms with van der Waals surface area (Å²) in [6.07, 6.45) is 4.09. The summed E-state index contributed by atoms with van der Waals surface area (Å²) in [6.45, 7) is 0. The lowest BCUT2D eigenvalue weighted by Gasteiger charge is -2.25. The first-order valence-electron chi connectivity index (χ1n) is 7.50. The van der Waals surface area contributed by atoms with Crippen molar-refractivity contribution in [1.82, 2.24) is 0 Å². The highest BCUT2D eigenvalue weighted by Gasteiger charge is 2.35. The van der Waals surface area contributed by atoms with Crippen LogP contribution in [0.25, 0.3) is 0 Å². The van der Waals surface area contributed by atoms with E-state index in [0.717, 1.165) is 17.6 Å². The normalized spacial score (nSPS) is 20.9. The van der Waals surface area contributed by atoms with Crippen LogP contribution in [-0.2, 0) is 0 Å². The monoisotopic (exact) mass is 300 g/mol. The van der Waals surface area contributed by atoms with Crippen LogP contribution in [0.1, 0.15) is 30.7 Å². The van der Waals surface area contributed by atoms with E-state index in [1.54, 1.807) is 12.1 Å². The van der Waals surface area contributed by atoms with Gasteiger partial charge in [0.05, 0.1) is 0 Å². The molecule has 1 nitrogen and oxygen atoms in total. The molecule has 108 valence electrons. The molecule has 0 radical (unpaired) electrons. The quantitative estimate of drug-likeness (QED) is 0.729. The van der Waals surface area contributed by atoms with Crippen molar-refractivity contribution in [2.24, 2.45) is 5.92 Å². The third-order valence-electron chi connectivity index (χ3n) is 4.31. The standard InChI is InChI=1S/C18H17FOS/c19-13-3-5-14(6-4-13)20-15-7-8-17-16(12-1-2-12)9-10-21-18(17)11-15/h3-8,11-12,16H,1-2,9-10H2. The van der Waals surface area contributed by atoms with Gasteiger partial charge in [0, 0.05) is 4.90 Å². The first kappa shape index (κ1) is 13.2. The molecule has 1 saturated carbocycles. The lowest BCUT2D eigenvalue weighted by molar-refractivity contribution is 0.477. The van der Waals surface area contributed by atoms with Crippen LogP contribution in [-0.4, -0.2) is 5.75 Å². The largest absolute Gasteiger partial charge is 0.457 e. The molecule has 2 aromatic carbocycles. The van der Waals surface area contributed by atoms with Gasteiger partial charge in [-0.25, -0.2) is 4.39 Å². The Labute approximate surface area is 128 Å². The Morgan fingerprint density at radius 3 is 2.48 bits per heavy atom. The van der Waals surface area contributed by atoms with Crippen LogP contribution >= 0.6 is 11.8 Å². The van der Waals surface area contributed by atoms with Gasteiger partial charge in [0.25, 0.3) is 0 Å². The Balaban J connectivity index is 1.58. The first-order chi connectivity index (χ1) is 10.3. The van der Waals surface area contributed by atoms with Crippen molar-refractivity contribution in [3.63, 3.8) is 0 Å². The van der Waals surface area contributed by atoms with Gasteiger partial charge in [-0.15, -0.1) is 11.8 Å². The van der Waals surface area contributed by atoms with Gasteiger partial charge < -0.3 is 4.74 Å². The lowest BCUT2D eigenvalue weighted by Crippen LogP contribution is -2.09. The van der Waals surface area contributed by atoms with E-state index in [4.69, 9.17) is 4.74 Å². The Morgan fingerprint density at radius 2 is 1.71 bits per heavy atom. The van der Waals surface area contributed by atoms with Gasteiger partial charge in [0.15, 0.2) is 0 Å². The minimum atomic E-state index is -0.240. The summed E-state index contributed by atoms with van der Waals surface area (Å²) in [7, 11) is 0. The van der Waals surface area contributed by atoms with Crippen LogP contribution in [0.2, 0.25) is 0 Å². The predicted molar refractivity (Wildman–Crippen MR) is 83.7 cm³/mol. The van der Waals surface area contributed by atoms with E-state index in [-0.39, 0.29) is 5.82 Å². The highest BCUT2D eigenvalue weighted by Crippen LogP contribution is 2.50. The van der Waals surface area contributed by atoms with Gasteiger partial charge in [-0.3, -0.25) is 0 Å². The number of hydrogen-bond donors (Lipinski definition) is 0. The van der Waals surface area contributed by atoms with Crippen molar-refractivity contribution >= 4 is 11.8 Å². The molecule has 0 N–H and O–H groups in total. The Hall–Kier alpha value is -1.48. The number of ether oxygens (including phenoxy) is 1. The second kappa shape index (κ2) is 5.38. The maximum absolute atomic E-state index is 12.9. The SMILES string of the molecule is Fc1ccc(Oc2ccc3c(c2)SCCC3C2CC2)cc1. The van der Waals surface area contributed by atoms with Crippen LogP contribution in [0.15, 0.2) is 47.4 Å². The van der Waals surface area contributed by atoms with Crippen molar-refractivity contribution in [2.75, 3.05) is 5.75 Å². The van der Waals surface area contributed by atoms with Gasteiger partial charge in [0.2, 0.25) is 0 Å². The zero-order valence-corrected chi connectivity index (χ0v) is 12.5. The van der Waals surface area contributed by atoms with Gasteiger partial charge in [-0.2, -0.15) is 0 Å². The smallest absolute Gasteiger partial charge is 0.128 e. The summed E-state index contributed by atoms with van der Waals surface area (Å²) in [5.41, 5.74) is 1.50. The van der Waals surface area contributed by atoms with E-state index in [1.807, 2.05) is 17.8 Å². The fraction of sp³-hybridized carbons (Fsp3) is 0.333. The average molecular weight is 300 g/mol. The van der Waals surface area contributed by atoms with Crippen LogP contribution in [0, 0.1) is 11.7 Å². The molecule has 1 unspecified atom stereocenters. The molecule has 4 rings (SSSR count). The van der Waals surface area contributed by atoms with E-state index in [1.165, 1.54) is 47.6 Å². The molecule has 0 spiro atoms. The molecule has 1 aliphatic carbocycles. The van der Waals surface area contributed by atoms with E-state index < -0.39 is 0 Å². The number of hydrogen-bond acceptors (Lipinski definition) is 2. The molecular weight excluding hydrogens is 283 g/mol. The van der Waals surface area contributed by atoms with Crippen molar-refractivity contribution < 1.29 is 9.13 Å². The van der Waals surface area contributed by atoms with Crippen molar-refractivity contribution in [3.8, 4) is 11.5 Å². The van der Waals surface area contributed by atoms with E-state index in [0.29, 0.717) is 5.75 Å². The molecule has 1 fully saturated rings. The number of rotatable bonds is 3. The van der Waals surface area contributed by atoms with Gasteiger partial charge >= 0.3 is 0 Å². The molecule has 1 atom stereocenters. The molecular formula is C18H17FOS. The number of thioether (sulfide) groups is 1. The molecule has 3 heteroatoms. The van der Waals surface area contributed by atoms with E-state index >= 15 is 0 Å². The van der Waals surface area contributed by atoms with Crippen molar-refractivity contribution in [2.45, 2.75) is 30.1 Å². The summed E-state index contributed by atoms with van der Waals surface area (Å²) in [5, 5.41) is 0. The van der Waals surface area contributed by atoms with Gasteiger partial charge in [-0.05, 0) is 78.8 Å². The molecule has 2 aliphatic rings. The molecule has 1 aliphatic heterocycles.